The lowest BCUT2D eigenvalue weighted by Gasteiger charge is -2.23. The molecule has 1 fully saturated rings. The third kappa shape index (κ3) is 3.29. The van der Waals surface area contributed by atoms with Crippen LogP contribution in [-0.2, 0) is 17.9 Å². The number of nitrogen functional groups attached to an aromatic ring is 1. The first-order chi connectivity index (χ1) is 14.1. The number of hydrogen-bond donors (Lipinski definition) is 3. The predicted octanol–water partition coefficient (Wildman–Crippen LogP) is 3.01. The zero-order valence-corrected chi connectivity index (χ0v) is 16.4. The van der Waals surface area contributed by atoms with Crippen molar-refractivity contribution in [2.75, 3.05) is 5.73 Å². The zero-order valence-electron chi connectivity index (χ0n) is 15.7. The van der Waals surface area contributed by atoms with E-state index in [2.05, 4.69) is 25.3 Å². The Hall–Kier alpha value is -3.13. The van der Waals surface area contributed by atoms with Gasteiger partial charge in [0.15, 0.2) is 11.5 Å². The molecular weight excluding hydrogens is 390 g/mol. The number of nitrogens with one attached hydrogen (secondary N) is 2. The number of carbonyl (C=O) groups is 1. The largest absolute Gasteiger partial charge is 0.382 e. The standard InChI is InChI=1S/C20H20ClN7O/c21-14-4-12-6-15(7-23-20(29)11-2-1-3-11)27-16(12)13(5-14)8-28-10-26-17-18(22)24-9-25-19(17)28/h4-6,9-11,27H,1-3,7-8H2,(H,23,29)(H2,22,24,25). The quantitative estimate of drug-likeness (QED) is 0.468. The molecule has 4 N–H and O–H groups in total. The maximum absolute atomic E-state index is 12.1. The fraction of sp³-hybridized carbons (Fsp3) is 0.300. The van der Waals surface area contributed by atoms with Crippen molar-refractivity contribution in [3.63, 3.8) is 0 Å². The van der Waals surface area contributed by atoms with Gasteiger partial charge in [-0.2, -0.15) is 0 Å². The molecule has 1 aliphatic carbocycles. The van der Waals surface area contributed by atoms with E-state index in [9.17, 15) is 4.79 Å². The lowest BCUT2D eigenvalue weighted by atomic mass is 9.85. The molecule has 1 amide bonds. The number of nitrogens with zero attached hydrogens (tertiary/aromatic N) is 4. The second-order valence-electron chi connectivity index (χ2n) is 7.47. The number of hydrogen-bond acceptors (Lipinski definition) is 5. The molecule has 0 saturated heterocycles. The molecule has 0 bridgehead atoms. The Morgan fingerprint density at radius 1 is 1.28 bits per heavy atom. The van der Waals surface area contributed by atoms with Gasteiger partial charge in [-0.3, -0.25) is 4.79 Å². The predicted molar refractivity (Wildman–Crippen MR) is 111 cm³/mol. The Labute approximate surface area is 171 Å². The van der Waals surface area contributed by atoms with Gasteiger partial charge in [-0.25, -0.2) is 15.0 Å². The highest BCUT2D eigenvalue weighted by atomic mass is 35.5. The van der Waals surface area contributed by atoms with Crippen molar-refractivity contribution < 1.29 is 4.79 Å². The lowest BCUT2D eigenvalue weighted by molar-refractivity contribution is -0.127. The minimum atomic E-state index is 0.135. The second-order valence-corrected chi connectivity index (χ2v) is 7.91. The van der Waals surface area contributed by atoms with Crippen LogP contribution in [0.3, 0.4) is 0 Å². The molecule has 0 spiro atoms. The molecule has 148 valence electrons. The Balaban J connectivity index is 1.44. The number of halogens is 1. The van der Waals surface area contributed by atoms with Crippen LogP contribution >= 0.6 is 11.6 Å². The summed E-state index contributed by atoms with van der Waals surface area (Å²) in [5.41, 5.74) is 10.1. The minimum absolute atomic E-state index is 0.135. The average molecular weight is 410 g/mol. The van der Waals surface area contributed by atoms with Crippen molar-refractivity contribution in [1.29, 1.82) is 0 Å². The number of aromatic amines is 1. The van der Waals surface area contributed by atoms with Crippen LogP contribution in [0.1, 0.15) is 30.5 Å². The number of fused-ring (bicyclic) bond motifs is 2. The van der Waals surface area contributed by atoms with Gasteiger partial charge >= 0.3 is 0 Å². The van der Waals surface area contributed by atoms with E-state index < -0.39 is 0 Å². The number of imidazole rings is 1. The molecule has 29 heavy (non-hydrogen) atoms. The van der Waals surface area contributed by atoms with Gasteiger partial charge in [-0.05, 0) is 36.6 Å². The molecule has 4 aromatic rings. The van der Waals surface area contributed by atoms with Crippen LogP contribution in [-0.4, -0.2) is 30.4 Å². The molecule has 5 rings (SSSR count). The van der Waals surface area contributed by atoms with Gasteiger partial charge in [0.05, 0.1) is 24.9 Å². The van der Waals surface area contributed by atoms with E-state index in [4.69, 9.17) is 17.3 Å². The molecule has 3 aromatic heterocycles. The number of carbonyl (C=O) groups excluding carboxylic acids is 1. The third-order valence-electron chi connectivity index (χ3n) is 5.53. The summed E-state index contributed by atoms with van der Waals surface area (Å²) in [6.45, 7) is 0.997. The first-order valence-electron chi connectivity index (χ1n) is 9.57. The Bertz CT molecular complexity index is 1220. The zero-order chi connectivity index (χ0) is 20.0. The average Bonchev–Trinajstić information content (AvgIpc) is 3.23. The summed E-state index contributed by atoms with van der Waals surface area (Å²) in [4.78, 5) is 28.2. The Kier molecular flexibility index (Phi) is 4.35. The number of aromatic nitrogens is 5. The number of rotatable bonds is 5. The van der Waals surface area contributed by atoms with Gasteiger partial charge in [0.25, 0.3) is 0 Å². The molecule has 0 radical (unpaired) electrons. The highest BCUT2D eigenvalue weighted by Crippen LogP contribution is 2.28. The Morgan fingerprint density at radius 2 is 2.14 bits per heavy atom. The highest BCUT2D eigenvalue weighted by Gasteiger charge is 2.24. The summed E-state index contributed by atoms with van der Waals surface area (Å²) in [7, 11) is 0. The number of nitrogens with two attached hydrogens (primary N) is 1. The van der Waals surface area contributed by atoms with Crippen molar-refractivity contribution in [3.8, 4) is 0 Å². The van der Waals surface area contributed by atoms with Gasteiger partial charge < -0.3 is 20.6 Å². The molecule has 1 aromatic carbocycles. The van der Waals surface area contributed by atoms with Crippen LogP contribution in [0.15, 0.2) is 30.9 Å². The van der Waals surface area contributed by atoms with Crippen LogP contribution in [0.2, 0.25) is 5.02 Å². The Morgan fingerprint density at radius 3 is 2.93 bits per heavy atom. The molecule has 8 nitrogen and oxygen atoms in total. The van der Waals surface area contributed by atoms with Crippen molar-refractivity contribution in [3.05, 3.63) is 47.1 Å². The van der Waals surface area contributed by atoms with E-state index in [-0.39, 0.29) is 11.8 Å². The molecule has 1 aliphatic rings. The molecule has 9 heteroatoms. The number of benzene rings is 1. The van der Waals surface area contributed by atoms with Crippen molar-refractivity contribution in [2.24, 2.45) is 5.92 Å². The van der Waals surface area contributed by atoms with Crippen molar-refractivity contribution >= 4 is 45.4 Å². The smallest absolute Gasteiger partial charge is 0.223 e. The summed E-state index contributed by atoms with van der Waals surface area (Å²) in [6, 6.07) is 5.87. The first kappa shape index (κ1) is 17.9. The van der Waals surface area contributed by atoms with Crippen LogP contribution in [0, 0.1) is 5.92 Å². The molecule has 0 unspecified atom stereocenters. The van der Waals surface area contributed by atoms with Crippen LogP contribution in [0.25, 0.3) is 22.1 Å². The molecule has 1 saturated carbocycles. The van der Waals surface area contributed by atoms with E-state index in [1.54, 1.807) is 6.33 Å². The van der Waals surface area contributed by atoms with E-state index in [0.717, 1.165) is 41.4 Å². The molecule has 0 atom stereocenters. The van der Waals surface area contributed by atoms with Gasteiger partial charge in [0, 0.05) is 22.0 Å². The summed E-state index contributed by atoms with van der Waals surface area (Å²) in [5, 5.41) is 4.67. The van der Waals surface area contributed by atoms with Gasteiger partial charge in [0.2, 0.25) is 5.91 Å². The molecule has 0 aliphatic heterocycles. The highest BCUT2D eigenvalue weighted by molar-refractivity contribution is 6.31. The fourth-order valence-corrected chi connectivity index (χ4v) is 4.00. The SMILES string of the molecule is Nc1ncnc2c1ncn2Cc1cc(Cl)cc2cc(CNC(=O)C3CCC3)[nH]c12. The normalized spacial score (nSPS) is 14.4. The second kappa shape index (κ2) is 7.04. The molecular formula is C20H20ClN7O. The van der Waals surface area contributed by atoms with Crippen LogP contribution in [0.5, 0.6) is 0 Å². The van der Waals surface area contributed by atoms with E-state index >= 15 is 0 Å². The summed E-state index contributed by atoms with van der Waals surface area (Å²) < 4.78 is 1.91. The fourth-order valence-electron chi connectivity index (χ4n) is 3.75. The topological polar surface area (TPSA) is 115 Å². The number of amides is 1. The third-order valence-corrected chi connectivity index (χ3v) is 5.75. The summed E-state index contributed by atoms with van der Waals surface area (Å²) in [6.07, 6.45) is 6.26. The van der Waals surface area contributed by atoms with Crippen molar-refractivity contribution in [1.82, 2.24) is 29.8 Å². The van der Waals surface area contributed by atoms with E-state index in [0.29, 0.717) is 35.1 Å². The number of H-pyrrole nitrogens is 1. The monoisotopic (exact) mass is 409 g/mol. The summed E-state index contributed by atoms with van der Waals surface area (Å²) in [5.74, 6) is 0.665. The van der Waals surface area contributed by atoms with E-state index in [1.165, 1.54) is 6.33 Å². The molecule has 3 heterocycles. The van der Waals surface area contributed by atoms with Gasteiger partial charge in [-0.15, -0.1) is 0 Å². The first-order valence-corrected chi connectivity index (χ1v) is 9.95. The maximum Gasteiger partial charge on any atom is 0.223 e. The van der Waals surface area contributed by atoms with Gasteiger partial charge in [0.1, 0.15) is 11.8 Å². The summed E-state index contributed by atoms with van der Waals surface area (Å²) >= 11 is 6.36. The maximum atomic E-state index is 12.1. The minimum Gasteiger partial charge on any atom is -0.382 e. The van der Waals surface area contributed by atoms with Crippen LogP contribution < -0.4 is 11.1 Å². The lowest BCUT2D eigenvalue weighted by Crippen LogP contribution is -2.34. The van der Waals surface area contributed by atoms with Crippen molar-refractivity contribution in [2.45, 2.75) is 32.4 Å². The van der Waals surface area contributed by atoms with Crippen LogP contribution in [0.4, 0.5) is 5.82 Å². The number of anilines is 1. The van der Waals surface area contributed by atoms with E-state index in [1.807, 2.05) is 22.8 Å². The van der Waals surface area contributed by atoms with Gasteiger partial charge in [-0.1, -0.05) is 18.0 Å².